The first-order valence-electron chi connectivity index (χ1n) is 4.07. The Morgan fingerprint density at radius 1 is 1.46 bits per heavy atom. The van der Waals surface area contributed by atoms with Crippen LogP contribution in [-0.4, -0.2) is 25.2 Å². The molecule has 76 valence electrons. The fourth-order valence-corrected chi connectivity index (χ4v) is 1.26. The first-order chi connectivity index (χ1) is 5.90. The average molecular weight is 196 g/mol. The minimum atomic E-state index is -4.70. The van der Waals surface area contributed by atoms with E-state index in [1.165, 1.54) is 0 Å². The van der Waals surface area contributed by atoms with Gasteiger partial charge in [0.15, 0.2) is 0 Å². The Hall–Kier alpha value is -0.580. The zero-order chi connectivity index (χ0) is 10.1. The molecule has 2 nitrogen and oxygen atoms in total. The largest absolute Gasteiger partial charge is 0.449 e. The number of hydrogen-bond donors (Lipinski definition) is 0. The van der Waals surface area contributed by atoms with Gasteiger partial charge in [-0.2, -0.15) is 13.2 Å². The van der Waals surface area contributed by atoms with Crippen molar-refractivity contribution >= 4 is 5.78 Å². The molecule has 0 amide bonds. The first kappa shape index (κ1) is 10.5. The van der Waals surface area contributed by atoms with Crippen LogP contribution in [0.1, 0.15) is 19.8 Å². The van der Waals surface area contributed by atoms with Crippen molar-refractivity contribution in [3.63, 3.8) is 0 Å². The van der Waals surface area contributed by atoms with E-state index >= 15 is 0 Å². The van der Waals surface area contributed by atoms with Gasteiger partial charge in [0.1, 0.15) is 0 Å². The molecule has 0 N–H and O–H groups in total. The zero-order valence-electron chi connectivity index (χ0n) is 7.28. The van der Waals surface area contributed by atoms with Crippen LogP contribution in [0.5, 0.6) is 0 Å². The number of rotatable bonds is 3. The Labute approximate surface area is 74.1 Å². The van der Waals surface area contributed by atoms with Gasteiger partial charge in [0, 0.05) is 11.8 Å². The highest BCUT2D eigenvalue weighted by molar-refractivity contribution is 5.84. The van der Waals surface area contributed by atoms with Crippen LogP contribution in [0.15, 0.2) is 0 Å². The molecule has 0 aromatic heterocycles. The number of carbonyl (C=O) groups excluding carboxylic acids is 1. The van der Waals surface area contributed by atoms with E-state index in [1.807, 2.05) is 0 Å². The number of ketones is 1. The van der Waals surface area contributed by atoms with E-state index in [0.29, 0.717) is 6.42 Å². The smallest absolute Gasteiger partial charge is 0.380 e. The molecular weight excluding hydrogens is 185 g/mol. The van der Waals surface area contributed by atoms with Crippen molar-refractivity contribution in [3.05, 3.63) is 0 Å². The lowest BCUT2D eigenvalue weighted by Crippen LogP contribution is -2.45. The lowest BCUT2D eigenvalue weighted by atomic mass is 9.78. The summed E-state index contributed by atoms with van der Waals surface area (Å²) in [4.78, 5) is 10.7. The molecule has 1 rings (SSSR count). The number of Topliss-reactive ketones (excluding diaryl/α,β-unsaturated/α-hetero) is 1. The monoisotopic (exact) mass is 196 g/mol. The van der Waals surface area contributed by atoms with E-state index < -0.39 is 23.8 Å². The molecule has 0 saturated carbocycles. The van der Waals surface area contributed by atoms with Gasteiger partial charge in [-0.15, -0.1) is 0 Å². The number of alkyl halides is 3. The van der Waals surface area contributed by atoms with Gasteiger partial charge in [0.25, 0.3) is 0 Å². The van der Waals surface area contributed by atoms with Crippen LogP contribution < -0.4 is 0 Å². The third kappa shape index (κ3) is 2.21. The number of halogens is 3. The predicted molar refractivity (Wildman–Crippen MR) is 39.2 cm³/mol. The summed E-state index contributed by atoms with van der Waals surface area (Å²) in [5.74, 6) is -1.64. The van der Waals surface area contributed by atoms with E-state index in [-0.39, 0.29) is 13.2 Å². The van der Waals surface area contributed by atoms with Crippen LogP contribution in [0.2, 0.25) is 0 Å². The van der Waals surface area contributed by atoms with Gasteiger partial charge in [-0.3, -0.25) is 4.79 Å². The quantitative estimate of drug-likeness (QED) is 0.689. The maximum atomic E-state index is 11.9. The van der Waals surface area contributed by atoms with Crippen molar-refractivity contribution < 1.29 is 22.7 Å². The highest BCUT2D eigenvalue weighted by Gasteiger charge is 2.46. The molecule has 0 atom stereocenters. The number of carbonyl (C=O) groups is 1. The average Bonchev–Trinajstić information content (AvgIpc) is 1.94. The fraction of sp³-hybridized carbons (Fsp3) is 0.875. The molecule has 0 radical (unpaired) electrons. The van der Waals surface area contributed by atoms with Crippen molar-refractivity contribution in [1.82, 2.24) is 0 Å². The molecule has 1 saturated heterocycles. The molecule has 1 aliphatic heterocycles. The summed E-state index contributed by atoms with van der Waals surface area (Å²) in [6.45, 7) is 2.31. The summed E-state index contributed by atoms with van der Waals surface area (Å²) in [6.07, 6.45) is -4.58. The Kier molecular flexibility index (Phi) is 2.66. The molecule has 13 heavy (non-hydrogen) atoms. The third-order valence-electron chi connectivity index (χ3n) is 2.42. The molecule has 0 bridgehead atoms. The Morgan fingerprint density at radius 3 is 2.23 bits per heavy atom. The molecule has 0 spiro atoms. The van der Waals surface area contributed by atoms with Gasteiger partial charge < -0.3 is 4.74 Å². The number of ether oxygens (including phenoxy) is 1. The van der Waals surface area contributed by atoms with Crippen molar-refractivity contribution in [3.8, 4) is 0 Å². The molecular formula is C8H11F3O2. The lowest BCUT2D eigenvalue weighted by Gasteiger charge is -2.40. The molecule has 0 aromatic rings. The van der Waals surface area contributed by atoms with Crippen LogP contribution in [0, 0.1) is 5.41 Å². The van der Waals surface area contributed by atoms with Crippen LogP contribution in [0.3, 0.4) is 0 Å². The Morgan fingerprint density at radius 2 is 2.00 bits per heavy atom. The molecule has 0 aliphatic carbocycles. The fourth-order valence-electron chi connectivity index (χ4n) is 1.26. The van der Waals surface area contributed by atoms with Crippen LogP contribution in [0.25, 0.3) is 0 Å². The molecule has 0 aromatic carbocycles. The second-order valence-corrected chi connectivity index (χ2v) is 3.44. The number of hydrogen-bond acceptors (Lipinski definition) is 2. The standard InChI is InChI=1S/C8H11F3O2/c1-2-7(4-13-5-7)3-6(12)8(9,10)11/h2-5H2,1H3. The van der Waals surface area contributed by atoms with Crippen molar-refractivity contribution in [2.75, 3.05) is 13.2 Å². The normalized spacial score (nSPS) is 20.9. The SMILES string of the molecule is CCC1(CC(=O)C(F)(F)F)COC1. The minimum Gasteiger partial charge on any atom is -0.380 e. The first-order valence-corrected chi connectivity index (χ1v) is 4.07. The zero-order valence-corrected chi connectivity index (χ0v) is 7.28. The minimum absolute atomic E-state index is 0.269. The topological polar surface area (TPSA) is 26.3 Å². The molecule has 5 heteroatoms. The van der Waals surface area contributed by atoms with Gasteiger partial charge in [-0.05, 0) is 6.42 Å². The highest BCUT2D eigenvalue weighted by Crippen LogP contribution is 2.37. The second kappa shape index (κ2) is 3.29. The maximum absolute atomic E-state index is 11.9. The summed E-state index contributed by atoms with van der Waals surface area (Å²) < 4.78 is 40.5. The van der Waals surface area contributed by atoms with E-state index in [9.17, 15) is 18.0 Å². The van der Waals surface area contributed by atoms with Crippen molar-refractivity contribution in [1.29, 1.82) is 0 Å². The molecule has 0 unspecified atom stereocenters. The van der Waals surface area contributed by atoms with Crippen molar-refractivity contribution in [2.24, 2.45) is 5.41 Å². The van der Waals surface area contributed by atoms with E-state index in [2.05, 4.69) is 0 Å². The Bertz CT molecular complexity index is 200. The molecule has 1 heterocycles. The lowest BCUT2D eigenvalue weighted by molar-refractivity contribution is -0.183. The van der Waals surface area contributed by atoms with Crippen LogP contribution in [0.4, 0.5) is 13.2 Å². The van der Waals surface area contributed by atoms with Crippen LogP contribution in [-0.2, 0) is 9.53 Å². The van der Waals surface area contributed by atoms with Crippen molar-refractivity contribution in [2.45, 2.75) is 25.9 Å². The second-order valence-electron chi connectivity index (χ2n) is 3.44. The van der Waals surface area contributed by atoms with E-state index in [0.717, 1.165) is 0 Å². The van der Waals surface area contributed by atoms with Gasteiger partial charge in [-0.1, -0.05) is 6.92 Å². The van der Waals surface area contributed by atoms with Gasteiger partial charge in [0.05, 0.1) is 13.2 Å². The van der Waals surface area contributed by atoms with Crippen LogP contribution >= 0.6 is 0 Å². The highest BCUT2D eigenvalue weighted by atomic mass is 19.4. The van der Waals surface area contributed by atoms with E-state index in [1.54, 1.807) is 6.92 Å². The summed E-state index contributed by atoms with van der Waals surface area (Å²) >= 11 is 0. The molecule has 1 aliphatic rings. The van der Waals surface area contributed by atoms with Gasteiger partial charge in [0.2, 0.25) is 5.78 Å². The summed E-state index contributed by atoms with van der Waals surface area (Å²) in [5.41, 5.74) is -0.549. The predicted octanol–water partition coefficient (Wildman–Crippen LogP) is 1.93. The summed E-state index contributed by atoms with van der Waals surface area (Å²) in [6, 6.07) is 0. The van der Waals surface area contributed by atoms with Gasteiger partial charge >= 0.3 is 6.18 Å². The van der Waals surface area contributed by atoms with E-state index in [4.69, 9.17) is 4.74 Å². The Balaban J connectivity index is 2.52. The summed E-state index contributed by atoms with van der Waals surface area (Å²) in [7, 11) is 0. The summed E-state index contributed by atoms with van der Waals surface area (Å²) in [5, 5.41) is 0. The maximum Gasteiger partial charge on any atom is 0.449 e. The van der Waals surface area contributed by atoms with Gasteiger partial charge in [-0.25, -0.2) is 0 Å². The third-order valence-corrected chi connectivity index (χ3v) is 2.42. The molecule has 1 fully saturated rings.